The molecule has 0 bridgehead atoms. The summed E-state index contributed by atoms with van der Waals surface area (Å²) < 4.78 is 14.2. The van der Waals surface area contributed by atoms with Gasteiger partial charge in [-0.15, -0.1) is 0 Å². The van der Waals surface area contributed by atoms with Crippen molar-refractivity contribution in [2.24, 2.45) is 5.92 Å². The summed E-state index contributed by atoms with van der Waals surface area (Å²) in [5, 5.41) is 4.44. The van der Waals surface area contributed by atoms with Crippen LogP contribution in [0.1, 0.15) is 43.8 Å². The number of carbonyl (C=O) groups excluding carboxylic acids is 1. The lowest BCUT2D eigenvalue weighted by atomic mass is 10.00. The largest absolute Gasteiger partial charge is 0.377 e. The van der Waals surface area contributed by atoms with E-state index >= 15 is 0 Å². The molecular formula is C18H28N4O3. The van der Waals surface area contributed by atoms with Crippen LogP contribution < -0.4 is 0 Å². The van der Waals surface area contributed by atoms with Gasteiger partial charge in [0.2, 0.25) is 5.91 Å². The molecule has 3 aliphatic rings. The Hall–Kier alpha value is -1.47. The summed E-state index contributed by atoms with van der Waals surface area (Å²) in [4.78, 5) is 18.9. The number of hydrogen-bond donors (Lipinski definition) is 0. The third-order valence-corrected chi connectivity index (χ3v) is 5.54. The minimum absolute atomic E-state index is 0.0990. The quantitative estimate of drug-likeness (QED) is 0.824. The summed E-state index contributed by atoms with van der Waals surface area (Å²) in [6.07, 6.45) is 5.09. The van der Waals surface area contributed by atoms with Crippen molar-refractivity contribution in [1.82, 2.24) is 19.7 Å². The standard InChI is InChI=1S/C18H28N4O3/c1-13-19-14(2)22(20-13)10-16-5-6-18(25-16)11-21(7-8-24-12-18)17(23)9-15-3-4-15/h15-16H,3-12H2,1-2H3/t16-,18+/m1/s1. The van der Waals surface area contributed by atoms with Crippen LogP contribution in [0.25, 0.3) is 0 Å². The molecule has 3 fully saturated rings. The lowest BCUT2D eigenvalue weighted by molar-refractivity contribution is -0.136. The van der Waals surface area contributed by atoms with Gasteiger partial charge in [0, 0.05) is 13.0 Å². The van der Waals surface area contributed by atoms with Crippen molar-refractivity contribution in [2.75, 3.05) is 26.3 Å². The van der Waals surface area contributed by atoms with Crippen LogP contribution in [0.5, 0.6) is 0 Å². The molecule has 3 heterocycles. The maximum Gasteiger partial charge on any atom is 0.223 e. The molecule has 25 heavy (non-hydrogen) atoms. The molecular weight excluding hydrogens is 320 g/mol. The molecule has 138 valence electrons. The van der Waals surface area contributed by atoms with E-state index in [4.69, 9.17) is 9.47 Å². The molecule has 2 atom stereocenters. The molecule has 2 aliphatic heterocycles. The van der Waals surface area contributed by atoms with Crippen molar-refractivity contribution < 1.29 is 14.3 Å². The molecule has 1 aliphatic carbocycles. The molecule has 4 rings (SSSR count). The summed E-state index contributed by atoms with van der Waals surface area (Å²) in [6, 6.07) is 0. The van der Waals surface area contributed by atoms with Gasteiger partial charge >= 0.3 is 0 Å². The monoisotopic (exact) mass is 348 g/mol. The molecule has 0 unspecified atom stereocenters. The zero-order valence-electron chi connectivity index (χ0n) is 15.2. The van der Waals surface area contributed by atoms with Gasteiger partial charge in [-0.1, -0.05) is 0 Å². The van der Waals surface area contributed by atoms with E-state index in [1.807, 2.05) is 23.4 Å². The minimum Gasteiger partial charge on any atom is -0.377 e. The van der Waals surface area contributed by atoms with Crippen LogP contribution in [0.4, 0.5) is 0 Å². The summed E-state index contributed by atoms with van der Waals surface area (Å²) in [7, 11) is 0. The van der Waals surface area contributed by atoms with Crippen molar-refractivity contribution >= 4 is 5.91 Å². The molecule has 1 spiro atoms. The highest BCUT2D eigenvalue weighted by Gasteiger charge is 2.44. The summed E-state index contributed by atoms with van der Waals surface area (Å²) in [5.41, 5.74) is -0.357. The van der Waals surface area contributed by atoms with Gasteiger partial charge in [0.15, 0.2) is 0 Å². The van der Waals surface area contributed by atoms with E-state index in [2.05, 4.69) is 10.1 Å². The molecule has 1 amide bonds. The van der Waals surface area contributed by atoms with E-state index in [0.717, 1.165) is 24.5 Å². The van der Waals surface area contributed by atoms with Crippen molar-refractivity contribution in [1.29, 1.82) is 0 Å². The molecule has 2 saturated heterocycles. The highest BCUT2D eigenvalue weighted by Crippen LogP contribution is 2.36. The number of hydrogen-bond acceptors (Lipinski definition) is 5. The van der Waals surface area contributed by atoms with E-state index in [1.165, 1.54) is 12.8 Å². The molecule has 7 nitrogen and oxygen atoms in total. The number of carbonyl (C=O) groups is 1. The van der Waals surface area contributed by atoms with Crippen molar-refractivity contribution in [3.63, 3.8) is 0 Å². The molecule has 0 radical (unpaired) electrons. The van der Waals surface area contributed by atoms with Crippen LogP contribution in [0.15, 0.2) is 0 Å². The average molecular weight is 348 g/mol. The first-order chi connectivity index (χ1) is 12.0. The number of amides is 1. The van der Waals surface area contributed by atoms with Crippen LogP contribution in [0.3, 0.4) is 0 Å². The van der Waals surface area contributed by atoms with Gasteiger partial charge in [-0.25, -0.2) is 9.67 Å². The summed E-state index contributed by atoms with van der Waals surface area (Å²) in [6.45, 7) is 7.11. The minimum atomic E-state index is -0.357. The van der Waals surface area contributed by atoms with E-state index in [0.29, 0.717) is 45.2 Å². The van der Waals surface area contributed by atoms with E-state index in [-0.39, 0.29) is 17.6 Å². The second-order valence-corrected chi connectivity index (χ2v) is 7.87. The van der Waals surface area contributed by atoms with Crippen LogP contribution in [-0.2, 0) is 20.8 Å². The van der Waals surface area contributed by atoms with Gasteiger partial charge in [0.25, 0.3) is 0 Å². The van der Waals surface area contributed by atoms with Crippen LogP contribution in [-0.4, -0.2) is 63.6 Å². The Morgan fingerprint density at radius 3 is 2.88 bits per heavy atom. The fourth-order valence-corrected chi connectivity index (χ4v) is 3.99. The Morgan fingerprint density at radius 1 is 1.32 bits per heavy atom. The fourth-order valence-electron chi connectivity index (χ4n) is 3.99. The van der Waals surface area contributed by atoms with Gasteiger partial charge in [-0.05, 0) is 45.4 Å². The topological polar surface area (TPSA) is 69.5 Å². The predicted molar refractivity (Wildman–Crippen MR) is 91.1 cm³/mol. The first-order valence-corrected chi connectivity index (χ1v) is 9.44. The second-order valence-electron chi connectivity index (χ2n) is 7.87. The maximum atomic E-state index is 12.6. The number of rotatable bonds is 4. The van der Waals surface area contributed by atoms with Crippen LogP contribution in [0.2, 0.25) is 0 Å². The number of ether oxygens (including phenoxy) is 2. The zero-order chi connectivity index (χ0) is 17.4. The van der Waals surface area contributed by atoms with Crippen molar-refractivity contribution in [3.8, 4) is 0 Å². The van der Waals surface area contributed by atoms with Gasteiger partial charge < -0.3 is 14.4 Å². The highest BCUT2D eigenvalue weighted by molar-refractivity contribution is 5.76. The van der Waals surface area contributed by atoms with Gasteiger partial charge in [-0.3, -0.25) is 4.79 Å². The Bertz CT molecular complexity index is 642. The van der Waals surface area contributed by atoms with Crippen molar-refractivity contribution in [2.45, 2.75) is 64.2 Å². The molecule has 1 saturated carbocycles. The highest BCUT2D eigenvalue weighted by atomic mass is 16.6. The Kier molecular flexibility index (Phi) is 4.54. The smallest absolute Gasteiger partial charge is 0.223 e. The summed E-state index contributed by atoms with van der Waals surface area (Å²) >= 11 is 0. The van der Waals surface area contributed by atoms with Crippen molar-refractivity contribution in [3.05, 3.63) is 11.6 Å². The third-order valence-electron chi connectivity index (χ3n) is 5.54. The molecule has 1 aromatic heterocycles. The van der Waals surface area contributed by atoms with Crippen LogP contribution >= 0.6 is 0 Å². The van der Waals surface area contributed by atoms with E-state index in [9.17, 15) is 4.79 Å². The Balaban J connectivity index is 1.40. The number of nitrogens with zero attached hydrogens (tertiary/aromatic N) is 4. The third kappa shape index (κ3) is 3.87. The van der Waals surface area contributed by atoms with Gasteiger partial charge in [-0.2, -0.15) is 5.10 Å². The number of aryl methyl sites for hydroxylation is 2. The van der Waals surface area contributed by atoms with E-state index < -0.39 is 0 Å². The maximum absolute atomic E-state index is 12.6. The van der Waals surface area contributed by atoms with E-state index in [1.54, 1.807) is 0 Å². The lowest BCUT2D eigenvalue weighted by Gasteiger charge is -2.32. The summed E-state index contributed by atoms with van der Waals surface area (Å²) in [5.74, 6) is 2.59. The molecule has 0 N–H and O–H groups in total. The lowest BCUT2D eigenvalue weighted by Crippen LogP contribution is -2.47. The predicted octanol–water partition coefficient (Wildman–Crippen LogP) is 1.47. The molecule has 0 aromatic carbocycles. The van der Waals surface area contributed by atoms with Crippen LogP contribution in [0, 0.1) is 19.8 Å². The fraction of sp³-hybridized carbons (Fsp3) is 0.833. The second kappa shape index (κ2) is 6.68. The SMILES string of the molecule is Cc1nc(C)n(C[C@H]2CC[C@]3(COCCN(C(=O)CC4CC4)C3)O2)n1. The normalized spacial score (nSPS) is 30.0. The average Bonchev–Trinajstić information content (AvgIpc) is 3.25. The molecule has 7 heteroatoms. The van der Waals surface area contributed by atoms with Gasteiger partial charge in [0.05, 0.1) is 32.4 Å². The zero-order valence-corrected chi connectivity index (χ0v) is 15.2. The first kappa shape index (κ1) is 17.0. The van der Waals surface area contributed by atoms with Gasteiger partial charge in [0.1, 0.15) is 17.2 Å². The molecule has 1 aromatic rings. The number of aromatic nitrogens is 3. The first-order valence-electron chi connectivity index (χ1n) is 9.44. The Morgan fingerprint density at radius 2 is 2.16 bits per heavy atom. The Labute approximate surface area is 148 Å².